The summed E-state index contributed by atoms with van der Waals surface area (Å²) in [5.74, 6) is -1.24. The number of carbonyl (C=O) groups excluding carboxylic acids is 1. The maximum atomic E-state index is 13.0. The molecule has 2 heterocycles. The minimum Gasteiger partial charge on any atom is -0.479 e. The van der Waals surface area contributed by atoms with Gasteiger partial charge in [0.15, 0.2) is 12.1 Å². The van der Waals surface area contributed by atoms with Crippen LogP contribution in [0, 0.1) is 0 Å². The van der Waals surface area contributed by atoms with Crippen LogP contribution in [0.5, 0.6) is 0 Å². The van der Waals surface area contributed by atoms with Crippen LogP contribution in [0.2, 0.25) is 0 Å². The second-order valence-electron chi connectivity index (χ2n) is 5.28. The Morgan fingerprint density at radius 1 is 1.26 bits per heavy atom. The lowest BCUT2D eigenvalue weighted by molar-refractivity contribution is -0.160. The lowest BCUT2D eigenvalue weighted by atomic mass is 10.1. The van der Waals surface area contributed by atoms with Gasteiger partial charge in [-0.05, 0) is 11.6 Å². The van der Waals surface area contributed by atoms with E-state index in [9.17, 15) is 9.59 Å². The number of ether oxygens (including phenoxy) is 1. The maximum absolute atomic E-state index is 13.0. The molecule has 1 saturated heterocycles. The van der Waals surface area contributed by atoms with Crippen molar-refractivity contribution in [3.8, 4) is 0 Å². The highest BCUT2D eigenvalue weighted by atomic mass is 16.5. The first kappa shape index (κ1) is 15.2. The van der Waals surface area contributed by atoms with Crippen molar-refractivity contribution in [2.24, 2.45) is 0 Å². The second-order valence-corrected chi connectivity index (χ2v) is 5.28. The van der Waals surface area contributed by atoms with Gasteiger partial charge < -0.3 is 14.7 Å². The number of aliphatic carboxylic acids is 1. The largest absolute Gasteiger partial charge is 0.479 e. The third-order valence-corrected chi connectivity index (χ3v) is 3.79. The van der Waals surface area contributed by atoms with Crippen molar-refractivity contribution in [3.05, 3.63) is 54.4 Å². The van der Waals surface area contributed by atoms with Crippen molar-refractivity contribution < 1.29 is 19.4 Å². The number of aromatic nitrogens is 2. The van der Waals surface area contributed by atoms with Gasteiger partial charge >= 0.3 is 5.97 Å². The molecule has 1 fully saturated rings. The molecule has 1 aliphatic heterocycles. The first-order chi connectivity index (χ1) is 11.2. The lowest BCUT2D eigenvalue weighted by Gasteiger charge is -2.33. The van der Waals surface area contributed by atoms with Crippen LogP contribution in [-0.2, 0) is 14.3 Å². The minimum absolute atomic E-state index is 0.0404. The molecule has 1 N–H and O–H groups in total. The third-order valence-electron chi connectivity index (χ3n) is 3.79. The number of amides is 1. The predicted molar refractivity (Wildman–Crippen MR) is 80.8 cm³/mol. The molecule has 0 saturated carbocycles. The first-order valence-electron chi connectivity index (χ1n) is 7.34. The van der Waals surface area contributed by atoms with Crippen molar-refractivity contribution in [2.75, 3.05) is 19.7 Å². The van der Waals surface area contributed by atoms with Crippen LogP contribution >= 0.6 is 0 Å². The van der Waals surface area contributed by atoms with Gasteiger partial charge in [0.25, 0.3) is 5.91 Å². The molecule has 23 heavy (non-hydrogen) atoms. The molecule has 0 spiro atoms. The Morgan fingerprint density at radius 3 is 2.70 bits per heavy atom. The Morgan fingerprint density at radius 2 is 2.04 bits per heavy atom. The van der Waals surface area contributed by atoms with Crippen molar-refractivity contribution >= 4 is 11.9 Å². The number of morpholine rings is 1. The van der Waals surface area contributed by atoms with E-state index >= 15 is 0 Å². The fourth-order valence-electron chi connectivity index (χ4n) is 2.65. The topological polar surface area (TPSA) is 84.7 Å². The maximum Gasteiger partial charge on any atom is 0.334 e. The van der Waals surface area contributed by atoms with E-state index in [-0.39, 0.29) is 19.1 Å². The number of hydrogen-bond acceptors (Lipinski definition) is 4. The van der Waals surface area contributed by atoms with E-state index in [0.717, 1.165) is 5.56 Å². The molecule has 1 amide bonds. The molecular weight excluding hydrogens is 298 g/mol. The summed E-state index contributed by atoms with van der Waals surface area (Å²) in [4.78, 5) is 25.6. The Kier molecular flexibility index (Phi) is 4.38. The summed E-state index contributed by atoms with van der Waals surface area (Å²) in [5, 5.41) is 13.3. The SMILES string of the molecule is O=C(O)C1CN(C(=O)C(c2ccccc2)n2cccn2)CCO1. The van der Waals surface area contributed by atoms with E-state index in [0.29, 0.717) is 6.54 Å². The van der Waals surface area contributed by atoms with Crippen LogP contribution in [0.1, 0.15) is 11.6 Å². The zero-order chi connectivity index (χ0) is 16.2. The summed E-state index contributed by atoms with van der Waals surface area (Å²) in [6, 6.07) is 10.5. The van der Waals surface area contributed by atoms with Gasteiger partial charge in [-0.1, -0.05) is 30.3 Å². The van der Waals surface area contributed by atoms with Gasteiger partial charge in [-0.2, -0.15) is 5.10 Å². The Balaban J connectivity index is 1.88. The standard InChI is InChI=1S/C16H17N3O4/c20-15(18-9-10-23-13(11-18)16(21)22)14(19-8-4-7-17-19)12-5-2-1-3-6-12/h1-8,13-14H,9-11H2,(H,21,22). The summed E-state index contributed by atoms with van der Waals surface area (Å²) < 4.78 is 6.77. The molecule has 7 nitrogen and oxygen atoms in total. The number of nitrogens with zero attached hydrogens (tertiary/aromatic N) is 3. The van der Waals surface area contributed by atoms with E-state index in [1.54, 1.807) is 23.1 Å². The molecule has 0 aliphatic carbocycles. The van der Waals surface area contributed by atoms with Crippen LogP contribution in [0.15, 0.2) is 48.8 Å². The molecule has 1 aliphatic rings. The zero-order valence-corrected chi connectivity index (χ0v) is 12.4. The number of benzene rings is 1. The summed E-state index contributed by atoms with van der Waals surface area (Å²) >= 11 is 0. The summed E-state index contributed by atoms with van der Waals surface area (Å²) in [6.07, 6.45) is 2.36. The van der Waals surface area contributed by atoms with E-state index in [2.05, 4.69) is 5.10 Å². The van der Waals surface area contributed by atoms with Gasteiger partial charge in [0.1, 0.15) is 0 Å². The van der Waals surface area contributed by atoms with Gasteiger partial charge in [-0.3, -0.25) is 9.48 Å². The molecule has 2 unspecified atom stereocenters. The van der Waals surface area contributed by atoms with Gasteiger partial charge in [-0.15, -0.1) is 0 Å². The van der Waals surface area contributed by atoms with Gasteiger partial charge in [0, 0.05) is 18.9 Å². The molecule has 2 aromatic rings. The quantitative estimate of drug-likeness (QED) is 0.901. The van der Waals surface area contributed by atoms with Gasteiger partial charge in [0.2, 0.25) is 0 Å². The molecule has 120 valence electrons. The second kappa shape index (κ2) is 6.62. The highest BCUT2D eigenvalue weighted by Crippen LogP contribution is 2.21. The zero-order valence-electron chi connectivity index (χ0n) is 12.4. The number of carbonyl (C=O) groups is 2. The van der Waals surface area contributed by atoms with Gasteiger partial charge in [0.05, 0.1) is 13.2 Å². The summed E-state index contributed by atoms with van der Waals surface area (Å²) in [7, 11) is 0. The number of rotatable bonds is 4. The first-order valence-corrected chi connectivity index (χ1v) is 7.34. The smallest absolute Gasteiger partial charge is 0.334 e. The average Bonchev–Trinajstić information content (AvgIpc) is 3.10. The van der Waals surface area contributed by atoms with Crippen LogP contribution in [0.3, 0.4) is 0 Å². The fraction of sp³-hybridized carbons (Fsp3) is 0.312. The normalized spacial score (nSPS) is 19.3. The molecule has 1 aromatic heterocycles. The Hall–Kier alpha value is -2.67. The van der Waals surface area contributed by atoms with Crippen molar-refractivity contribution in [1.82, 2.24) is 14.7 Å². The average molecular weight is 315 g/mol. The lowest BCUT2D eigenvalue weighted by Crippen LogP contribution is -2.50. The van der Waals surface area contributed by atoms with Crippen molar-refractivity contribution in [2.45, 2.75) is 12.1 Å². The molecule has 1 aromatic carbocycles. The van der Waals surface area contributed by atoms with Crippen LogP contribution in [0.4, 0.5) is 0 Å². The van der Waals surface area contributed by atoms with E-state index in [4.69, 9.17) is 9.84 Å². The van der Waals surface area contributed by atoms with Gasteiger partial charge in [-0.25, -0.2) is 4.79 Å². The van der Waals surface area contributed by atoms with E-state index in [1.165, 1.54) is 4.90 Å². The van der Waals surface area contributed by atoms with Crippen LogP contribution < -0.4 is 0 Å². The van der Waals surface area contributed by atoms with E-state index in [1.807, 2.05) is 30.3 Å². The van der Waals surface area contributed by atoms with Crippen LogP contribution in [0.25, 0.3) is 0 Å². The van der Waals surface area contributed by atoms with Crippen molar-refractivity contribution in [3.63, 3.8) is 0 Å². The summed E-state index contributed by atoms with van der Waals surface area (Å²) in [5.41, 5.74) is 0.805. The molecule has 0 bridgehead atoms. The molecular formula is C16H17N3O4. The summed E-state index contributed by atoms with van der Waals surface area (Å²) in [6.45, 7) is 0.620. The number of carboxylic acid groups (broad SMARTS) is 1. The highest BCUT2D eigenvalue weighted by molar-refractivity contribution is 5.84. The number of carboxylic acids is 1. The Bertz CT molecular complexity index is 672. The van der Waals surface area contributed by atoms with Crippen molar-refractivity contribution in [1.29, 1.82) is 0 Å². The van der Waals surface area contributed by atoms with E-state index < -0.39 is 18.1 Å². The predicted octanol–water partition coefficient (Wildman–Crippen LogP) is 0.784. The fourth-order valence-corrected chi connectivity index (χ4v) is 2.65. The van der Waals surface area contributed by atoms with Crippen LogP contribution in [-0.4, -0.2) is 57.5 Å². The third kappa shape index (κ3) is 3.24. The Labute approximate surface area is 133 Å². The molecule has 0 radical (unpaired) electrons. The molecule has 7 heteroatoms. The number of hydrogen-bond donors (Lipinski definition) is 1. The monoisotopic (exact) mass is 315 g/mol. The minimum atomic E-state index is -1.06. The molecule has 2 atom stereocenters. The molecule has 3 rings (SSSR count). The highest BCUT2D eigenvalue weighted by Gasteiger charge is 2.34.